The first-order valence-corrected chi connectivity index (χ1v) is 8.40. The van der Waals surface area contributed by atoms with Crippen molar-refractivity contribution in [1.29, 1.82) is 0 Å². The van der Waals surface area contributed by atoms with E-state index in [4.69, 9.17) is 0 Å². The zero-order chi connectivity index (χ0) is 15.0. The van der Waals surface area contributed by atoms with Gasteiger partial charge in [0.1, 0.15) is 21.1 Å². The Morgan fingerprint density at radius 1 is 1.29 bits per heavy atom. The summed E-state index contributed by atoms with van der Waals surface area (Å²) in [5.74, 6) is -0.947. The van der Waals surface area contributed by atoms with Crippen molar-refractivity contribution in [2.45, 2.75) is 17.1 Å². The summed E-state index contributed by atoms with van der Waals surface area (Å²) in [6.45, 7) is 1.77. The normalized spacial score (nSPS) is 11.0. The van der Waals surface area contributed by atoms with E-state index in [0.717, 1.165) is 20.3 Å². The van der Waals surface area contributed by atoms with Crippen LogP contribution in [0.2, 0.25) is 0 Å². The van der Waals surface area contributed by atoms with Crippen LogP contribution < -0.4 is 0 Å². The Balaban J connectivity index is 2.10. The van der Waals surface area contributed by atoms with Crippen molar-refractivity contribution in [3.05, 3.63) is 32.7 Å². The van der Waals surface area contributed by atoms with Gasteiger partial charge in [-0.2, -0.15) is 0 Å². The average Bonchev–Trinajstić information content (AvgIpc) is 2.80. The minimum atomic E-state index is -0.947. The van der Waals surface area contributed by atoms with Crippen molar-refractivity contribution >= 4 is 61.9 Å². The van der Waals surface area contributed by atoms with Gasteiger partial charge in [0.15, 0.2) is 5.16 Å². The molecule has 0 unspecified atom stereocenters. The first kappa shape index (κ1) is 14.6. The maximum atomic E-state index is 11.2. The van der Waals surface area contributed by atoms with Crippen molar-refractivity contribution in [3.63, 3.8) is 0 Å². The number of hydrogen-bond donors (Lipinski definition) is 1. The van der Waals surface area contributed by atoms with Crippen LogP contribution in [0, 0.1) is 10.5 Å². The highest BCUT2D eigenvalue weighted by atomic mass is 127. The van der Waals surface area contributed by atoms with Gasteiger partial charge in [-0.3, -0.25) is 0 Å². The monoisotopic (exact) mass is 430 g/mol. The molecule has 3 rings (SSSR count). The van der Waals surface area contributed by atoms with Crippen LogP contribution in [0.15, 0.2) is 28.9 Å². The highest BCUT2D eigenvalue weighted by Gasteiger charge is 2.19. The minimum Gasteiger partial charge on any atom is -0.477 e. The molecule has 0 atom stereocenters. The third kappa shape index (κ3) is 2.85. The Hall–Kier alpha value is -1.33. The lowest BCUT2D eigenvalue weighted by Crippen LogP contribution is -1.94. The van der Waals surface area contributed by atoms with E-state index in [9.17, 15) is 9.90 Å². The quantitative estimate of drug-likeness (QED) is 0.388. The number of aryl methyl sites for hydroxylation is 1. The van der Waals surface area contributed by atoms with Crippen LogP contribution in [-0.2, 0) is 0 Å². The number of aromatic carboxylic acids is 1. The number of carboxylic acid groups (broad SMARTS) is 1. The summed E-state index contributed by atoms with van der Waals surface area (Å²) in [6, 6.07) is 0. The zero-order valence-corrected chi connectivity index (χ0v) is 14.4. The number of rotatable bonds is 3. The molecule has 0 saturated heterocycles. The second kappa shape index (κ2) is 5.81. The van der Waals surface area contributed by atoms with Crippen LogP contribution in [0.3, 0.4) is 0 Å². The molecule has 0 radical (unpaired) electrons. The van der Waals surface area contributed by atoms with E-state index in [1.165, 1.54) is 18.1 Å². The van der Waals surface area contributed by atoms with Crippen LogP contribution >= 0.6 is 45.7 Å². The zero-order valence-electron chi connectivity index (χ0n) is 10.6. The molecule has 0 aromatic carbocycles. The molecule has 1 N–H and O–H groups in total. The van der Waals surface area contributed by atoms with Crippen molar-refractivity contribution in [1.82, 2.24) is 19.9 Å². The Morgan fingerprint density at radius 3 is 2.67 bits per heavy atom. The fourth-order valence-corrected chi connectivity index (χ4v) is 3.93. The Labute approximate surface area is 141 Å². The highest BCUT2D eigenvalue weighted by Crippen LogP contribution is 2.36. The SMILES string of the molecule is Cc1c(C(=O)O)sc2ncnc(Sc3ncc(I)cn3)c12. The molecular weight excluding hydrogens is 423 g/mol. The van der Waals surface area contributed by atoms with Crippen LogP contribution in [0.5, 0.6) is 0 Å². The summed E-state index contributed by atoms with van der Waals surface area (Å²) >= 11 is 4.59. The number of fused-ring (bicyclic) bond motifs is 1. The second-order valence-corrected chi connectivity index (χ2v) is 7.21. The number of thiophene rings is 1. The third-order valence-electron chi connectivity index (χ3n) is 2.67. The van der Waals surface area contributed by atoms with Crippen molar-refractivity contribution in [2.75, 3.05) is 0 Å². The molecule has 0 aliphatic carbocycles. The van der Waals surface area contributed by atoms with Gasteiger partial charge in [0, 0.05) is 21.4 Å². The summed E-state index contributed by atoms with van der Waals surface area (Å²) in [5.41, 5.74) is 0.677. The molecule has 0 fully saturated rings. The maximum absolute atomic E-state index is 11.2. The van der Waals surface area contributed by atoms with E-state index >= 15 is 0 Å². The second-order valence-electron chi connectivity index (χ2n) is 4.01. The molecule has 0 spiro atoms. The molecule has 9 heteroatoms. The predicted octanol–water partition coefficient (Wildman–Crippen LogP) is 3.24. The van der Waals surface area contributed by atoms with E-state index in [1.54, 1.807) is 19.3 Å². The van der Waals surface area contributed by atoms with Gasteiger partial charge in [-0.15, -0.1) is 11.3 Å². The molecule has 3 aromatic heterocycles. The first-order chi connectivity index (χ1) is 10.1. The molecule has 106 valence electrons. The Bertz CT molecular complexity index is 835. The number of halogens is 1. The van der Waals surface area contributed by atoms with Gasteiger partial charge in [-0.25, -0.2) is 24.7 Å². The topological polar surface area (TPSA) is 88.9 Å². The number of carbonyl (C=O) groups is 1. The summed E-state index contributed by atoms with van der Waals surface area (Å²) in [6.07, 6.45) is 4.87. The summed E-state index contributed by atoms with van der Waals surface area (Å²) < 4.78 is 0.949. The van der Waals surface area contributed by atoms with Gasteiger partial charge >= 0.3 is 5.97 Å². The van der Waals surface area contributed by atoms with Crippen molar-refractivity contribution in [3.8, 4) is 0 Å². The van der Waals surface area contributed by atoms with E-state index in [1.807, 2.05) is 0 Å². The minimum absolute atomic E-state index is 0.288. The highest BCUT2D eigenvalue weighted by molar-refractivity contribution is 14.1. The van der Waals surface area contributed by atoms with Gasteiger partial charge in [-0.05, 0) is 46.8 Å². The lowest BCUT2D eigenvalue weighted by molar-refractivity contribution is 0.0701. The van der Waals surface area contributed by atoms with Gasteiger partial charge in [0.2, 0.25) is 0 Å². The summed E-state index contributed by atoms with van der Waals surface area (Å²) in [7, 11) is 0. The van der Waals surface area contributed by atoms with Crippen molar-refractivity contribution in [2.24, 2.45) is 0 Å². The number of hydrogen-bond acceptors (Lipinski definition) is 7. The van der Waals surface area contributed by atoms with Gasteiger partial charge in [0.25, 0.3) is 0 Å². The smallest absolute Gasteiger partial charge is 0.346 e. The molecule has 21 heavy (non-hydrogen) atoms. The largest absolute Gasteiger partial charge is 0.477 e. The van der Waals surface area contributed by atoms with E-state index in [-0.39, 0.29) is 4.88 Å². The summed E-state index contributed by atoms with van der Waals surface area (Å²) in [5, 5.41) is 11.2. The van der Waals surface area contributed by atoms with Gasteiger partial charge in [0.05, 0.1) is 0 Å². The maximum Gasteiger partial charge on any atom is 0.346 e. The molecule has 3 heterocycles. The summed E-state index contributed by atoms with van der Waals surface area (Å²) in [4.78, 5) is 29.0. The van der Waals surface area contributed by atoms with E-state index in [0.29, 0.717) is 20.6 Å². The fourth-order valence-electron chi connectivity index (χ4n) is 1.76. The van der Waals surface area contributed by atoms with Crippen LogP contribution in [-0.4, -0.2) is 31.0 Å². The number of carboxylic acids is 1. The first-order valence-electron chi connectivity index (χ1n) is 5.69. The molecule has 0 aliphatic heterocycles. The Kier molecular flexibility index (Phi) is 4.04. The lowest BCUT2D eigenvalue weighted by atomic mass is 10.2. The predicted molar refractivity (Wildman–Crippen MR) is 88.0 cm³/mol. The van der Waals surface area contributed by atoms with E-state index in [2.05, 4.69) is 42.5 Å². The molecule has 0 aliphatic rings. The lowest BCUT2D eigenvalue weighted by Gasteiger charge is -2.01. The van der Waals surface area contributed by atoms with Crippen LogP contribution in [0.1, 0.15) is 15.2 Å². The molecule has 0 saturated carbocycles. The third-order valence-corrected chi connectivity index (χ3v) is 5.31. The molecule has 6 nitrogen and oxygen atoms in total. The molecular formula is C12H7IN4O2S2. The van der Waals surface area contributed by atoms with Crippen LogP contribution in [0.25, 0.3) is 10.2 Å². The fraction of sp³-hybridized carbons (Fsp3) is 0.0833. The number of nitrogens with zero attached hydrogens (tertiary/aromatic N) is 4. The molecule has 3 aromatic rings. The molecule has 0 bridgehead atoms. The van der Waals surface area contributed by atoms with Crippen molar-refractivity contribution < 1.29 is 9.90 Å². The standard InChI is InChI=1S/C12H7IN4O2S2/c1-5-7-9(20-8(5)11(18)19)16-4-17-10(7)21-12-14-2-6(13)3-15-12/h2-4H,1H3,(H,18,19). The average molecular weight is 430 g/mol. The van der Waals surface area contributed by atoms with Crippen LogP contribution in [0.4, 0.5) is 0 Å². The Morgan fingerprint density at radius 2 is 2.00 bits per heavy atom. The van der Waals surface area contributed by atoms with Gasteiger partial charge < -0.3 is 5.11 Å². The molecule has 0 amide bonds. The van der Waals surface area contributed by atoms with Gasteiger partial charge in [-0.1, -0.05) is 0 Å². The number of aromatic nitrogens is 4. The van der Waals surface area contributed by atoms with E-state index < -0.39 is 5.97 Å².